The molecule has 1 heterocycles. The molecule has 1 aromatic heterocycles. The average Bonchev–Trinajstić information content (AvgIpc) is 2.84. The van der Waals surface area contributed by atoms with Crippen LogP contribution in [0, 0.1) is 18.6 Å². The maximum Gasteiger partial charge on any atom is 0.185 e. The van der Waals surface area contributed by atoms with Crippen LogP contribution < -0.4 is 0 Å². The van der Waals surface area contributed by atoms with Gasteiger partial charge in [-0.25, -0.2) is 13.8 Å². The second-order valence-corrected chi connectivity index (χ2v) is 5.59. The fourth-order valence-corrected chi connectivity index (χ4v) is 2.59. The molecule has 1 unspecified atom stereocenters. The van der Waals surface area contributed by atoms with Crippen LogP contribution in [-0.2, 0) is 0 Å². The Morgan fingerprint density at radius 2 is 1.86 bits per heavy atom. The van der Waals surface area contributed by atoms with Gasteiger partial charge in [0.25, 0.3) is 0 Å². The molecule has 5 heteroatoms. The lowest BCUT2D eigenvalue weighted by atomic mass is 10.2. The van der Waals surface area contributed by atoms with Crippen molar-refractivity contribution in [3.05, 3.63) is 59.4 Å². The fraction of sp³-hybridized carbons (Fsp3) is 0.188. The van der Waals surface area contributed by atoms with Crippen molar-refractivity contribution in [3.8, 4) is 5.69 Å². The van der Waals surface area contributed by atoms with Gasteiger partial charge < -0.3 is 0 Å². The van der Waals surface area contributed by atoms with E-state index in [2.05, 4.69) is 4.98 Å². The first-order valence-electron chi connectivity index (χ1n) is 6.57. The van der Waals surface area contributed by atoms with Crippen LogP contribution in [0.15, 0.2) is 36.4 Å². The average molecular weight is 307 g/mol. The maximum atomic E-state index is 14.3. The molecule has 0 amide bonds. The molecule has 0 saturated heterocycles. The van der Waals surface area contributed by atoms with Gasteiger partial charge in [-0.3, -0.25) is 4.57 Å². The third-order valence-corrected chi connectivity index (χ3v) is 3.64. The lowest BCUT2D eigenvalue weighted by Gasteiger charge is -2.13. The zero-order valence-corrected chi connectivity index (χ0v) is 12.3. The fourth-order valence-electron chi connectivity index (χ4n) is 2.45. The SMILES string of the molecule is Cc1ccccc1-n1c(C(C)Cl)nc2ccc(F)c(F)c21. The first kappa shape index (κ1) is 14.0. The number of rotatable bonds is 2. The largest absolute Gasteiger partial charge is 0.292 e. The molecule has 0 spiro atoms. The number of nitrogens with zero attached hydrogens (tertiary/aromatic N) is 2. The summed E-state index contributed by atoms with van der Waals surface area (Å²) >= 11 is 6.17. The van der Waals surface area contributed by atoms with Crippen LogP contribution in [-0.4, -0.2) is 9.55 Å². The number of fused-ring (bicyclic) bond motifs is 1. The second-order valence-electron chi connectivity index (χ2n) is 4.94. The second kappa shape index (κ2) is 5.11. The van der Waals surface area contributed by atoms with Gasteiger partial charge in [0.2, 0.25) is 0 Å². The molecule has 1 atom stereocenters. The normalized spacial score (nSPS) is 12.8. The van der Waals surface area contributed by atoms with Gasteiger partial charge in [-0.05, 0) is 37.6 Å². The van der Waals surface area contributed by atoms with Gasteiger partial charge in [0.1, 0.15) is 11.3 Å². The molecule has 2 aromatic carbocycles. The van der Waals surface area contributed by atoms with Crippen LogP contribution in [0.2, 0.25) is 0 Å². The first-order chi connectivity index (χ1) is 10.0. The van der Waals surface area contributed by atoms with E-state index in [9.17, 15) is 8.78 Å². The molecule has 21 heavy (non-hydrogen) atoms. The molecule has 108 valence electrons. The molecule has 0 aliphatic carbocycles. The molecular weight excluding hydrogens is 294 g/mol. The summed E-state index contributed by atoms with van der Waals surface area (Å²) < 4.78 is 29.5. The molecule has 3 rings (SSSR count). The van der Waals surface area contributed by atoms with Gasteiger partial charge in [-0.1, -0.05) is 18.2 Å². The van der Waals surface area contributed by atoms with E-state index >= 15 is 0 Å². The van der Waals surface area contributed by atoms with E-state index in [1.807, 2.05) is 31.2 Å². The molecule has 3 aromatic rings. The molecule has 0 N–H and O–H groups in total. The Labute approximate surface area is 126 Å². The lowest BCUT2D eigenvalue weighted by molar-refractivity contribution is 0.514. The predicted octanol–water partition coefficient (Wildman–Crippen LogP) is 4.91. The highest BCUT2D eigenvalue weighted by Gasteiger charge is 2.21. The first-order valence-corrected chi connectivity index (χ1v) is 7.00. The summed E-state index contributed by atoms with van der Waals surface area (Å²) in [4.78, 5) is 4.36. The van der Waals surface area contributed by atoms with Gasteiger partial charge in [-0.2, -0.15) is 0 Å². The molecule has 2 nitrogen and oxygen atoms in total. The minimum Gasteiger partial charge on any atom is -0.292 e. The Bertz CT molecular complexity index is 825. The molecular formula is C16H13ClF2N2. The van der Waals surface area contributed by atoms with E-state index in [0.29, 0.717) is 11.3 Å². The quantitative estimate of drug-likeness (QED) is 0.615. The minimum atomic E-state index is -0.910. The van der Waals surface area contributed by atoms with E-state index in [1.165, 1.54) is 6.07 Å². The highest BCUT2D eigenvalue weighted by molar-refractivity contribution is 6.20. The van der Waals surface area contributed by atoms with E-state index < -0.39 is 17.0 Å². The van der Waals surface area contributed by atoms with Crippen molar-refractivity contribution < 1.29 is 8.78 Å². The van der Waals surface area contributed by atoms with Crippen molar-refractivity contribution in [3.63, 3.8) is 0 Å². The number of aryl methyl sites for hydroxylation is 1. The number of benzene rings is 2. The van der Waals surface area contributed by atoms with Crippen molar-refractivity contribution in [2.45, 2.75) is 19.2 Å². The van der Waals surface area contributed by atoms with E-state index in [1.54, 1.807) is 11.5 Å². The van der Waals surface area contributed by atoms with E-state index in [0.717, 1.165) is 17.3 Å². The standard InChI is InChI=1S/C16H13ClF2N2/c1-9-5-3-4-6-13(9)21-15-12(20-16(21)10(2)17)8-7-11(18)14(15)19/h3-8,10H,1-2H3. The Kier molecular flexibility index (Phi) is 3.41. The number of imidazole rings is 1. The molecule has 0 fully saturated rings. The topological polar surface area (TPSA) is 17.8 Å². The molecule has 0 radical (unpaired) electrons. The number of para-hydroxylation sites is 1. The molecule has 0 aliphatic heterocycles. The van der Waals surface area contributed by atoms with Crippen LogP contribution >= 0.6 is 11.6 Å². The molecule has 0 saturated carbocycles. The minimum absolute atomic E-state index is 0.117. The smallest absolute Gasteiger partial charge is 0.185 e. The summed E-state index contributed by atoms with van der Waals surface area (Å²) in [5.41, 5.74) is 2.18. The Balaban J connectivity index is 2.47. The number of aromatic nitrogens is 2. The highest BCUT2D eigenvalue weighted by Crippen LogP contribution is 2.31. The van der Waals surface area contributed by atoms with Crippen LogP contribution in [0.3, 0.4) is 0 Å². The zero-order chi connectivity index (χ0) is 15.1. The zero-order valence-electron chi connectivity index (χ0n) is 11.6. The highest BCUT2D eigenvalue weighted by atomic mass is 35.5. The number of hydrogen-bond donors (Lipinski definition) is 0. The third-order valence-electron chi connectivity index (χ3n) is 3.45. The summed E-state index contributed by atoms with van der Waals surface area (Å²) in [5, 5.41) is -0.431. The van der Waals surface area contributed by atoms with Gasteiger partial charge >= 0.3 is 0 Å². The molecule has 0 aliphatic rings. The van der Waals surface area contributed by atoms with E-state index in [-0.39, 0.29) is 5.52 Å². The van der Waals surface area contributed by atoms with Crippen LogP contribution in [0.5, 0.6) is 0 Å². The van der Waals surface area contributed by atoms with Crippen molar-refractivity contribution in [2.24, 2.45) is 0 Å². The van der Waals surface area contributed by atoms with Crippen LogP contribution in [0.1, 0.15) is 23.7 Å². The lowest BCUT2D eigenvalue weighted by Crippen LogP contribution is -2.05. The van der Waals surface area contributed by atoms with Crippen molar-refractivity contribution >= 4 is 22.6 Å². The Morgan fingerprint density at radius 1 is 1.14 bits per heavy atom. The van der Waals surface area contributed by atoms with Crippen LogP contribution in [0.4, 0.5) is 8.78 Å². The summed E-state index contributed by atoms with van der Waals surface area (Å²) in [6.07, 6.45) is 0. The number of halogens is 3. The predicted molar refractivity (Wildman–Crippen MR) is 80.0 cm³/mol. The monoisotopic (exact) mass is 306 g/mol. The number of alkyl halides is 1. The maximum absolute atomic E-state index is 14.3. The van der Waals surface area contributed by atoms with Crippen molar-refractivity contribution in [1.29, 1.82) is 0 Å². The van der Waals surface area contributed by atoms with Gasteiger partial charge in [-0.15, -0.1) is 11.6 Å². The summed E-state index contributed by atoms with van der Waals surface area (Å²) in [6.45, 7) is 3.66. The third kappa shape index (κ3) is 2.20. The van der Waals surface area contributed by atoms with Crippen molar-refractivity contribution in [2.75, 3.05) is 0 Å². The Morgan fingerprint density at radius 3 is 2.52 bits per heavy atom. The summed E-state index contributed by atoms with van der Waals surface area (Å²) in [7, 11) is 0. The number of hydrogen-bond acceptors (Lipinski definition) is 1. The molecule has 0 bridgehead atoms. The van der Waals surface area contributed by atoms with Gasteiger partial charge in [0.15, 0.2) is 11.6 Å². The van der Waals surface area contributed by atoms with Gasteiger partial charge in [0, 0.05) is 0 Å². The summed E-state index contributed by atoms with van der Waals surface area (Å²) in [5.74, 6) is -1.32. The van der Waals surface area contributed by atoms with Crippen LogP contribution in [0.25, 0.3) is 16.7 Å². The summed E-state index contributed by atoms with van der Waals surface area (Å²) in [6, 6.07) is 10.0. The van der Waals surface area contributed by atoms with Gasteiger partial charge in [0.05, 0.1) is 16.6 Å². The van der Waals surface area contributed by atoms with Crippen molar-refractivity contribution in [1.82, 2.24) is 9.55 Å². The Hall–Kier alpha value is -1.94. The van der Waals surface area contributed by atoms with E-state index in [4.69, 9.17) is 11.6 Å².